The summed E-state index contributed by atoms with van der Waals surface area (Å²) in [7, 11) is 0. The molecule has 3 heterocycles. The van der Waals surface area contributed by atoms with Crippen molar-refractivity contribution in [1.82, 2.24) is 10.2 Å². The van der Waals surface area contributed by atoms with Crippen molar-refractivity contribution in [1.29, 1.82) is 0 Å². The second-order valence-electron chi connectivity index (χ2n) is 15.9. The lowest BCUT2D eigenvalue weighted by Crippen LogP contribution is -2.50. The maximum absolute atomic E-state index is 14.2. The molecule has 0 unspecified atom stereocenters. The van der Waals surface area contributed by atoms with Gasteiger partial charge in [-0.1, -0.05) is 32.1 Å². The van der Waals surface area contributed by atoms with E-state index in [0.717, 1.165) is 44.9 Å². The second kappa shape index (κ2) is 16.3. The van der Waals surface area contributed by atoms with Crippen molar-refractivity contribution in [2.75, 3.05) is 31.7 Å². The minimum absolute atomic E-state index is 0.0137. The lowest BCUT2D eigenvalue weighted by atomic mass is 9.76. The molecule has 1 aromatic heterocycles. The molecule has 11 nitrogen and oxygen atoms in total. The number of anilines is 1. The van der Waals surface area contributed by atoms with Crippen LogP contribution in [0.1, 0.15) is 108 Å². The summed E-state index contributed by atoms with van der Waals surface area (Å²) in [5.41, 5.74) is 0.380. The Kier molecular flexibility index (Phi) is 11.9. The number of amides is 3. The van der Waals surface area contributed by atoms with Gasteiger partial charge >= 0.3 is 12.1 Å². The Labute approximate surface area is 299 Å². The normalized spacial score (nSPS) is 26.5. The first-order valence-electron chi connectivity index (χ1n) is 19.0. The summed E-state index contributed by atoms with van der Waals surface area (Å²) in [6.45, 7) is 5.98. The number of hydrogen-bond donors (Lipinski definition) is 2. The average Bonchev–Trinajstić information content (AvgIpc) is 3.89. The fourth-order valence-electron chi connectivity index (χ4n) is 8.65. The Balaban J connectivity index is 1.11. The Hall–Kier alpha value is -3.67. The molecule has 51 heavy (non-hydrogen) atoms. The van der Waals surface area contributed by atoms with E-state index in [1.807, 2.05) is 4.90 Å². The van der Waals surface area contributed by atoms with Crippen LogP contribution in [0.3, 0.4) is 0 Å². The first kappa shape index (κ1) is 37.1. The number of rotatable bonds is 10. The molecule has 4 aliphatic rings. The molecule has 4 fully saturated rings. The van der Waals surface area contributed by atoms with Crippen LogP contribution in [-0.4, -0.2) is 79.0 Å². The van der Waals surface area contributed by atoms with Gasteiger partial charge < -0.3 is 34.2 Å². The number of ether oxygens (including phenoxy) is 3. The van der Waals surface area contributed by atoms with Gasteiger partial charge in [-0.15, -0.1) is 0 Å². The zero-order chi connectivity index (χ0) is 36.1. The lowest BCUT2D eigenvalue weighted by molar-refractivity contribution is -0.142. The molecule has 4 atom stereocenters. The summed E-state index contributed by atoms with van der Waals surface area (Å²) in [4.78, 5) is 55.2. The summed E-state index contributed by atoms with van der Waals surface area (Å²) < 4.78 is 36.1. The van der Waals surface area contributed by atoms with Crippen LogP contribution in [-0.2, 0) is 23.8 Å². The van der Waals surface area contributed by atoms with Crippen LogP contribution >= 0.6 is 0 Å². The van der Waals surface area contributed by atoms with Crippen molar-refractivity contribution in [3.05, 3.63) is 30.0 Å². The van der Waals surface area contributed by atoms with Gasteiger partial charge in [-0.05, 0) is 108 Å². The zero-order valence-corrected chi connectivity index (χ0v) is 30.3. The third kappa shape index (κ3) is 9.23. The van der Waals surface area contributed by atoms with Crippen LogP contribution in [0.25, 0.3) is 11.0 Å². The molecule has 0 spiro atoms. The van der Waals surface area contributed by atoms with Crippen LogP contribution < -0.4 is 10.6 Å². The predicted molar refractivity (Wildman–Crippen MR) is 189 cm³/mol. The molecular weight excluding hydrogens is 657 g/mol. The van der Waals surface area contributed by atoms with Gasteiger partial charge in [0.15, 0.2) is 0 Å². The highest BCUT2D eigenvalue weighted by molar-refractivity contribution is 6.00. The third-order valence-corrected chi connectivity index (χ3v) is 11.2. The van der Waals surface area contributed by atoms with Crippen LogP contribution in [0, 0.1) is 23.7 Å². The molecule has 2 aliphatic heterocycles. The van der Waals surface area contributed by atoms with Gasteiger partial charge in [-0.2, -0.15) is 0 Å². The van der Waals surface area contributed by atoms with Crippen LogP contribution in [0.4, 0.5) is 14.9 Å². The standard InChI is InChI=1S/C39H54FN3O8/c1-39(2,3)51-38(47)42-31(22-40)25-11-13-26(14-12-25)36(45)43-18-17-30(24-8-5-4-6-9-24)34(43)35(44)41-28-15-16-32-27(20-28)21-33(50-32)37(46)49-23-29-10-7-19-48-29/h15-16,20-21,24-26,29-31,34H,4-14,17-19,22-23H2,1-3H3,(H,41,44)(H,42,47)/t25-,26-,29-,30-,31+,34-/m0/s1. The molecule has 3 amide bonds. The van der Waals surface area contributed by atoms with Gasteiger partial charge in [0.2, 0.25) is 17.6 Å². The van der Waals surface area contributed by atoms with Crippen molar-refractivity contribution in [3.8, 4) is 0 Å². The number of halogens is 1. The van der Waals surface area contributed by atoms with Crippen molar-refractivity contribution in [2.24, 2.45) is 23.7 Å². The number of carbonyl (C=O) groups excluding carboxylic acids is 4. The number of nitrogens with one attached hydrogen (secondary N) is 2. The van der Waals surface area contributed by atoms with E-state index < -0.39 is 36.4 Å². The topological polar surface area (TPSA) is 136 Å². The molecule has 2 aliphatic carbocycles. The fourth-order valence-corrected chi connectivity index (χ4v) is 8.65. The number of alkyl carbamates (subject to hydrolysis) is 1. The summed E-state index contributed by atoms with van der Waals surface area (Å²) in [5, 5.41) is 6.45. The van der Waals surface area contributed by atoms with Gasteiger partial charge in [-0.25, -0.2) is 14.0 Å². The van der Waals surface area contributed by atoms with E-state index in [1.165, 1.54) is 6.42 Å². The number of alkyl halides is 1. The summed E-state index contributed by atoms with van der Waals surface area (Å²) in [5.74, 6) is -0.594. The molecule has 6 rings (SSSR count). The van der Waals surface area contributed by atoms with Crippen LogP contribution in [0.2, 0.25) is 0 Å². The molecule has 280 valence electrons. The van der Waals surface area contributed by atoms with E-state index >= 15 is 0 Å². The number of carbonyl (C=O) groups is 4. The minimum atomic E-state index is -0.703. The van der Waals surface area contributed by atoms with E-state index in [4.69, 9.17) is 18.6 Å². The monoisotopic (exact) mass is 711 g/mol. The number of fused-ring (bicyclic) bond motifs is 1. The van der Waals surface area contributed by atoms with Gasteiger partial charge in [0.25, 0.3) is 0 Å². The van der Waals surface area contributed by atoms with Gasteiger partial charge in [0.1, 0.15) is 30.5 Å². The lowest BCUT2D eigenvalue weighted by Gasteiger charge is -2.37. The van der Waals surface area contributed by atoms with E-state index in [-0.39, 0.29) is 48.0 Å². The van der Waals surface area contributed by atoms with Crippen molar-refractivity contribution < 1.29 is 42.2 Å². The molecule has 12 heteroatoms. The molecule has 2 saturated carbocycles. The largest absolute Gasteiger partial charge is 0.457 e. The van der Waals surface area contributed by atoms with Crippen molar-refractivity contribution in [3.63, 3.8) is 0 Å². The quantitative estimate of drug-likeness (QED) is 0.248. The SMILES string of the molecule is CC(C)(C)OC(=O)N[C@H](CF)[C@H]1CC[C@H](C(=O)N2CC[C@@H](C3CCCCC3)[C@H]2C(=O)Nc2ccc3oc(C(=O)OC[C@@H]4CCCO4)cc3c2)CC1. The summed E-state index contributed by atoms with van der Waals surface area (Å²) >= 11 is 0. The molecule has 0 radical (unpaired) electrons. The van der Waals surface area contributed by atoms with Crippen molar-refractivity contribution >= 4 is 40.5 Å². The van der Waals surface area contributed by atoms with Crippen LogP contribution in [0.15, 0.2) is 28.7 Å². The van der Waals surface area contributed by atoms with Crippen molar-refractivity contribution in [2.45, 2.75) is 122 Å². The highest BCUT2D eigenvalue weighted by atomic mass is 19.1. The highest BCUT2D eigenvalue weighted by Crippen LogP contribution is 2.41. The molecule has 1 aromatic carbocycles. The third-order valence-electron chi connectivity index (χ3n) is 11.2. The minimum Gasteiger partial charge on any atom is -0.457 e. The fraction of sp³-hybridized carbons (Fsp3) is 0.692. The molecular formula is C39H54FN3O8. The van der Waals surface area contributed by atoms with E-state index in [2.05, 4.69) is 10.6 Å². The highest BCUT2D eigenvalue weighted by Gasteiger charge is 2.47. The van der Waals surface area contributed by atoms with E-state index in [0.29, 0.717) is 61.4 Å². The Bertz CT molecular complexity index is 1530. The smallest absolute Gasteiger partial charge is 0.407 e. The predicted octanol–water partition coefficient (Wildman–Crippen LogP) is 7.17. The molecule has 0 bridgehead atoms. The Morgan fingerprint density at radius 3 is 2.41 bits per heavy atom. The Morgan fingerprint density at radius 1 is 0.961 bits per heavy atom. The number of hydrogen-bond acceptors (Lipinski definition) is 8. The molecule has 2 saturated heterocycles. The maximum atomic E-state index is 14.2. The summed E-state index contributed by atoms with van der Waals surface area (Å²) in [6, 6.07) is 5.60. The van der Waals surface area contributed by atoms with Gasteiger partial charge in [0.05, 0.1) is 12.1 Å². The van der Waals surface area contributed by atoms with E-state index in [9.17, 15) is 23.6 Å². The maximum Gasteiger partial charge on any atom is 0.407 e. The number of esters is 1. The first-order valence-corrected chi connectivity index (χ1v) is 19.0. The number of nitrogens with zero attached hydrogens (tertiary/aromatic N) is 1. The number of furan rings is 1. The van der Waals surface area contributed by atoms with Gasteiger partial charge in [0, 0.05) is 30.1 Å². The number of likely N-dealkylation sites (tertiary alicyclic amines) is 1. The van der Waals surface area contributed by atoms with Crippen LogP contribution in [0.5, 0.6) is 0 Å². The summed E-state index contributed by atoms with van der Waals surface area (Å²) in [6.07, 6.45) is 9.82. The number of benzene rings is 1. The Morgan fingerprint density at radius 2 is 1.73 bits per heavy atom. The molecule has 2 N–H and O–H groups in total. The van der Waals surface area contributed by atoms with E-state index in [1.54, 1.807) is 45.0 Å². The van der Waals surface area contributed by atoms with Gasteiger partial charge in [-0.3, -0.25) is 9.59 Å². The zero-order valence-electron chi connectivity index (χ0n) is 30.3. The molecule has 2 aromatic rings. The average molecular weight is 712 g/mol. The second-order valence-corrected chi connectivity index (χ2v) is 15.9. The first-order chi connectivity index (χ1) is 24.5.